The molecule has 0 spiro atoms. The third-order valence-corrected chi connectivity index (χ3v) is 4.74. The number of nitrogens with two attached hydrogens (primary N) is 1. The lowest BCUT2D eigenvalue weighted by Crippen LogP contribution is -2.48. The molecule has 0 saturated carbocycles. The quantitative estimate of drug-likeness (QED) is 0.635. The van der Waals surface area contributed by atoms with Crippen molar-refractivity contribution < 1.29 is 9.18 Å². The second-order valence-corrected chi connectivity index (χ2v) is 5.97. The Kier molecular flexibility index (Phi) is 4.26. The zero-order valence-corrected chi connectivity index (χ0v) is 11.7. The van der Waals surface area contributed by atoms with Crippen LogP contribution in [-0.2, 0) is 0 Å². The molecule has 0 radical (unpaired) electrons. The maximum atomic E-state index is 14.0. The molecule has 3 N–H and O–H groups in total. The van der Waals surface area contributed by atoms with Crippen molar-refractivity contribution in [1.82, 2.24) is 9.88 Å². The smallest absolute Gasteiger partial charge is 0.257 e. The highest BCUT2D eigenvalue weighted by Gasteiger charge is 2.31. The van der Waals surface area contributed by atoms with Crippen LogP contribution < -0.4 is 11.3 Å². The number of thioether (sulfide) groups is 1. The van der Waals surface area contributed by atoms with Gasteiger partial charge in [0.2, 0.25) is 0 Å². The van der Waals surface area contributed by atoms with Crippen LogP contribution in [0.2, 0.25) is 0 Å². The van der Waals surface area contributed by atoms with Gasteiger partial charge in [0.1, 0.15) is 0 Å². The third kappa shape index (κ3) is 2.66. The number of hydrazine groups is 1. The molecule has 19 heavy (non-hydrogen) atoms. The van der Waals surface area contributed by atoms with Gasteiger partial charge in [0.25, 0.3) is 5.91 Å². The molecule has 7 heteroatoms. The van der Waals surface area contributed by atoms with E-state index in [1.807, 2.05) is 18.7 Å². The standard InChI is InChI=1S/C12H17FN4OS/c1-7-8(2)19-6-5-17(7)12(18)9-3-4-15-11(16-14)10(9)13/h3-4,7-8H,5-6,14H2,1-2H3,(H,15,16). The molecule has 1 aromatic rings. The summed E-state index contributed by atoms with van der Waals surface area (Å²) in [5.74, 6) is 4.91. The van der Waals surface area contributed by atoms with E-state index >= 15 is 0 Å². The van der Waals surface area contributed by atoms with Gasteiger partial charge in [-0.3, -0.25) is 4.79 Å². The van der Waals surface area contributed by atoms with E-state index in [4.69, 9.17) is 5.84 Å². The average molecular weight is 284 g/mol. The van der Waals surface area contributed by atoms with Crippen molar-refractivity contribution in [2.45, 2.75) is 25.1 Å². The second-order valence-electron chi connectivity index (χ2n) is 4.48. The number of nitrogens with zero attached hydrogens (tertiary/aromatic N) is 2. The van der Waals surface area contributed by atoms with E-state index < -0.39 is 5.82 Å². The number of hydrogen-bond acceptors (Lipinski definition) is 5. The number of amides is 1. The molecule has 2 rings (SSSR count). The monoisotopic (exact) mass is 284 g/mol. The van der Waals surface area contributed by atoms with Gasteiger partial charge in [0.05, 0.1) is 5.56 Å². The molecule has 2 atom stereocenters. The molecule has 1 aliphatic rings. The maximum absolute atomic E-state index is 14.0. The summed E-state index contributed by atoms with van der Waals surface area (Å²) < 4.78 is 14.0. The predicted octanol–water partition coefficient (Wildman–Crippen LogP) is 1.47. The number of rotatable bonds is 2. The molecule has 2 heterocycles. The lowest BCUT2D eigenvalue weighted by molar-refractivity contribution is 0.0693. The molecule has 104 valence electrons. The molecule has 1 aromatic heterocycles. The molecule has 1 aliphatic heterocycles. The molecule has 5 nitrogen and oxygen atoms in total. The zero-order chi connectivity index (χ0) is 14.0. The highest BCUT2D eigenvalue weighted by Crippen LogP contribution is 2.26. The Hall–Kier alpha value is -1.34. The average Bonchev–Trinajstić information content (AvgIpc) is 2.41. The van der Waals surface area contributed by atoms with Gasteiger partial charge >= 0.3 is 0 Å². The molecule has 1 saturated heterocycles. The van der Waals surface area contributed by atoms with Crippen LogP contribution in [0.1, 0.15) is 24.2 Å². The Labute approximate surface area is 115 Å². The van der Waals surface area contributed by atoms with Crippen molar-refractivity contribution in [3.05, 3.63) is 23.6 Å². The van der Waals surface area contributed by atoms with Gasteiger partial charge in [0.15, 0.2) is 11.6 Å². The summed E-state index contributed by atoms with van der Waals surface area (Å²) in [7, 11) is 0. The van der Waals surface area contributed by atoms with E-state index in [-0.39, 0.29) is 23.3 Å². The largest absolute Gasteiger partial charge is 0.334 e. The van der Waals surface area contributed by atoms with Crippen LogP contribution in [0, 0.1) is 5.82 Å². The zero-order valence-electron chi connectivity index (χ0n) is 10.9. The van der Waals surface area contributed by atoms with E-state index in [0.29, 0.717) is 11.8 Å². The fourth-order valence-electron chi connectivity index (χ4n) is 2.08. The molecular formula is C12H17FN4OS. The van der Waals surface area contributed by atoms with Gasteiger partial charge in [0, 0.05) is 29.8 Å². The minimum Gasteiger partial charge on any atom is -0.334 e. The van der Waals surface area contributed by atoms with Crippen LogP contribution in [0.5, 0.6) is 0 Å². The summed E-state index contributed by atoms with van der Waals surface area (Å²) in [4.78, 5) is 17.9. The summed E-state index contributed by atoms with van der Waals surface area (Å²) in [6.07, 6.45) is 1.37. The van der Waals surface area contributed by atoms with Crippen molar-refractivity contribution in [1.29, 1.82) is 0 Å². The first-order valence-corrected chi connectivity index (χ1v) is 7.14. The number of nitrogen functional groups attached to an aromatic ring is 1. The SMILES string of the molecule is CC1SCCN(C(=O)c2ccnc(NN)c2F)C1C. The number of anilines is 1. The number of carbonyl (C=O) groups excluding carboxylic acids is 1. The first-order valence-electron chi connectivity index (χ1n) is 6.10. The van der Waals surface area contributed by atoms with Gasteiger partial charge in [-0.2, -0.15) is 11.8 Å². The summed E-state index contributed by atoms with van der Waals surface area (Å²) in [5, 5.41) is 0.342. The molecule has 0 aliphatic carbocycles. The van der Waals surface area contributed by atoms with Gasteiger partial charge in [-0.1, -0.05) is 6.92 Å². The molecule has 0 aromatic carbocycles. The van der Waals surface area contributed by atoms with Crippen LogP contribution in [0.25, 0.3) is 0 Å². The number of carbonyl (C=O) groups is 1. The Morgan fingerprint density at radius 1 is 1.63 bits per heavy atom. The Morgan fingerprint density at radius 3 is 3.05 bits per heavy atom. The highest BCUT2D eigenvalue weighted by atomic mass is 32.2. The topological polar surface area (TPSA) is 71.2 Å². The van der Waals surface area contributed by atoms with Crippen molar-refractivity contribution in [2.24, 2.45) is 5.84 Å². The van der Waals surface area contributed by atoms with Crippen molar-refractivity contribution in [2.75, 3.05) is 17.7 Å². The lowest BCUT2D eigenvalue weighted by Gasteiger charge is -2.37. The summed E-state index contributed by atoms with van der Waals surface area (Å²) in [5.41, 5.74) is 2.16. The van der Waals surface area contributed by atoms with Crippen LogP contribution in [0.3, 0.4) is 0 Å². The van der Waals surface area contributed by atoms with Crippen molar-refractivity contribution in [3.8, 4) is 0 Å². The van der Waals surface area contributed by atoms with Gasteiger partial charge in [-0.25, -0.2) is 15.2 Å². The molecule has 2 unspecified atom stereocenters. The molecular weight excluding hydrogens is 267 g/mol. The number of halogens is 1. The number of aromatic nitrogens is 1. The minimum atomic E-state index is -0.701. The van der Waals surface area contributed by atoms with Crippen LogP contribution >= 0.6 is 11.8 Å². The molecule has 1 amide bonds. The van der Waals surface area contributed by atoms with E-state index in [9.17, 15) is 9.18 Å². The van der Waals surface area contributed by atoms with Gasteiger partial charge in [-0.15, -0.1) is 0 Å². The van der Waals surface area contributed by atoms with Gasteiger partial charge in [-0.05, 0) is 13.0 Å². The van der Waals surface area contributed by atoms with Crippen molar-refractivity contribution >= 4 is 23.5 Å². The Balaban J connectivity index is 2.29. The van der Waals surface area contributed by atoms with Gasteiger partial charge < -0.3 is 10.3 Å². The molecule has 1 fully saturated rings. The maximum Gasteiger partial charge on any atom is 0.257 e. The number of nitrogens with one attached hydrogen (secondary N) is 1. The fraction of sp³-hybridized carbons (Fsp3) is 0.500. The summed E-state index contributed by atoms with van der Waals surface area (Å²) >= 11 is 1.82. The minimum absolute atomic E-state index is 0.00824. The Morgan fingerprint density at radius 2 is 2.37 bits per heavy atom. The van der Waals surface area contributed by atoms with Crippen LogP contribution in [-0.4, -0.2) is 39.4 Å². The van der Waals surface area contributed by atoms with Crippen molar-refractivity contribution in [3.63, 3.8) is 0 Å². The van der Waals surface area contributed by atoms with Crippen LogP contribution in [0.15, 0.2) is 12.3 Å². The van der Waals surface area contributed by atoms with Crippen LogP contribution in [0.4, 0.5) is 10.2 Å². The Bertz CT molecular complexity index is 485. The van der Waals surface area contributed by atoms with E-state index in [0.717, 1.165) is 5.75 Å². The molecule has 0 bridgehead atoms. The lowest BCUT2D eigenvalue weighted by atomic mass is 10.1. The highest BCUT2D eigenvalue weighted by molar-refractivity contribution is 8.00. The predicted molar refractivity (Wildman–Crippen MR) is 74.4 cm³/mol. The second kappa shape index (κ2) is 5.75. The van der Waals surface area contributed by atoms with E-state index in [1.165, 1.54) is 12.3 Å². The number of pyridine rings is 1. The van der Waals surface area contributed by atoms with E-state index in [2.05, 4.69) is 17.3 Å². The first kappa shape index (κ1) is 14.1. The summed E-state index contributed by atoms with van der Waals surface area (Å²) in [6.45, 7) is 4.68. The fourth-order valence-corrected chi connectivity index (χ4v) is 3.18. The normalized spacial score (nSPS) is 23.3. The summed E-state index contributed by atoms with van der Waals surface area (Å²) in [6, 6.07) is 1.46. The first-order chi connectivity index (χ1) is 9.06. The van der Waals surface area contributed by atoms with E-state index in [1.54, 1.807) is 4.90 Å². The number of hydrogen-bond donors (Lipinski definition) is 2. The third-order valence-electron chi connectivity index (χ3n) is 3.40.